The number of anilines is 1. The summed E-state index contributed by atoms with van der Waals surface area (Å²) in [5.41, 5.74) is 5.47. The van der Waals surface area contributed by atoms with Crippen LogP contribution in [0.1, 0.15) is 49.7 Å². The number of ketones is 1. The fraction of sp³-hybridized carbons (Fsp3) is 0.333. The van der Waals surface area contributed by atoms with Gasteiger partial charge >= 0.3 is 5.97 Å². The summed E-state index contributed by atoms with van der Waals surface area (Å²) in [6, 6.07) is 14.3. The number of ether oxygens (including phenoxy) is 1. The molecule has 1 aliphatic carbocycles. The SMILES string of the molecule is CCOC(=O)C1=C(C)NC2=C(C(=O)CC(c3ccc(F)cc3)C2)C1c1ccc(N(C)C)cc1. The number of hydrogen-bond donors (Lipinski definition) is 1. The zero-order chi connectivity index (χ0) is 23.7. The van der Waals surface area contributed by atoms with E-state index in [2.05, 4.69) is 5.32 Å². The van der Waals surface area contributed by atoms with Crippen LogP contribution in [0.25, 0.3) is 0 Å². The lowest BCUT2D eigenvalue weighted by molar-refractivity contribution is -0.138. The number of esters is 1. The first-order valence-electron chi connectivity index (χ1n) is 11.2. The molecule has 4 rings (SSSR count). The van der Waals surface area contributed by atoms with Crippen molar-refractivity contribution in [2.45, 2.75) is 38.5 Å². The molecule has 6 heteroatoms. The standard InChI is InChI=1S/C27H29FN2O3/c1-5-33-27(32)24-16(2)29-22-14-19(17-6-10-20(28)11-7-17)15-23(31)26(22)25(24)18-8-12-21(13-9-18)30(3)4/h6-13,19,25,29H,5,14-15H2,1-4H3. The molecule has 33 heavy (non-hydrogen) atoms. The van der Waals surface area contributed by atoms with E-state index in [4.69, 9.17) is 4.74 Å². The third-order valence-corrected chi connectivity index (χ3v) is 6.41. The van der Waals surface area contributed by atoms with Crippen LogP contribution in [0.3, 0.4) is 0 Å². The minimum atomic E-state index is -0.488. The zero-order valence-corrected chi connectivity index (χ0v) is 19.4. The molecule has 2 aromatic rings. The fourth-order valence-corrected chi connectivity index (χ4v) is 4.79. The van der Waals surface area contributed by atoms with Gasteiger partial charge in [0.1, 0.15) is 5.82 Å². The largest absolute Gasteiger partial charge is 0.463 e. The maximum Gasteiger partial charge on any atom is 0.336 e. The first-order valence-corrected chi connectivity index (χ1v) is 11.2. The van der Waals surface area contributed by atoms with Gasteiger partial charge in [-0.1, -0.05) is 24.3 Å². The molecule has 2 aromatic carbocycles. The molecule has 0 fully saturated rings. The second kappa shape index (κ2) is 9.22. The number of Topliss-reactive ketones (excluding diaryl/α,β-unsaturated/α-hetero) is 1. The molecule has 0 saturated heterocycles. The number of hydrogen-bond acceptors (Lipinski definition) is 5. The molecule has 0 amide bonds. The Morgan fingerprint density at radius 2 is 1.70 bits per heavy atom. The van der Waals surface area contributed by atoms with Gasteiger partial charge < -0.3 is 15.0 Å². The van der Waals surface area contributed by atoms with Gasteiger partial charge in [-0.3, -0.25) is 4.79 Å². The quantitative estimate of drug-likeness (QED) is 0.665. The fourth-order valence-electron chi connectivity index (χ4n) is 4.79. The average Bonchev–Trinajstić information content (AvgIpc) is 2.78. The molecule has 0 spiro atoms. The van der Waals surface area contributed by atoms with Gasteiger partial charge in [0.15, 0.2) is 5.78 Å². The lowest BCUT2D eigenvalue weighted by atomic mass is 9.71. The molecule has 0 saturated carbocycles. The Labute approximate surface area is 193 Å². The van der Waals surface area contributed by atoms with Crippen molar-refractivity contribution in [3.8, 4) is 0 Å². The summed E-state index contributed by atoms with van der Waals surface area (Å²) in [5.74, 6) is -1.25. The van der Waals surface area contributed by atoms with E-state index < -0.39 is 11.9 Å². The Hall–Kier alpha value is -3.41. The minimum Gasteiger partial charge on any atom is -0.463 e. The van der Waals surface area contributed by atoms with Crippen molar-refractivity contribution in [3.63, 3.8) is 0 Å². The number of nitrogens with one attached hydrogen (secondary N) is 1. The first-order chi connectivity index (χ1) is 15.8. The summed E-state index contributed by atoms with van der Waals surface area (Å²) < 4.78 is 18.8. The van der Waals surface area contributed by atoms with E-state index in [0.29, 0.717) is 29.7 Å². The van der Waals surface area contributed by atoms with Crippen LogP contribution < -0.4 is 10.2 Å². The van der Waals surface area contributed by atoms with Crippen molar-refractivity contribution in [3.05, 3.63) is 88.0 Å². The molecule has 0 bridgehead atoms. The lowest BCUT2D eigenvalue weighted by Gasteiger charge is -2.36. The summed E-state index contributed by atoms with van der Waals surface area (Å²) >= 11 is 0. The monoisotopic (exact) mass is 448 g/mol. The van der Waals surface area contributed by atoms with Crippen LogP contribution >= 0.6 is 0 Å². The average molecular weight is 449 g/mol. The van der Waals surface area contributed by atoms with Crippen molar-refractivity contribution in [1.29, 1.82) is 0 Å². The number of nitrogens with zero attached hydrogens (tertiary/aromatic N) is 1. The van der Waals surface area contributed by atoms with Crippen LogP contribution in [0.15, 0.2) is 71.1 Å². The highest BCUT2D eigenvalue weighted by Gasteiger charge is 2.41. The maximum atomic E-state index is 13.5. The predicted octanol–water partition coefficient (Wildman–Crippen LogP) is 4.82. The highest BCUT2D eigenvalue weighted by Crippen LogP contribution is 2.45. The van der Waals surface area contributed by atoms with E-state index in [9.17, 15) is 14.0 Å². The van der Waals surface area contributed by atoms with Crippen molar-refractivity contribution in [2.24, 2.45) is 0 Å². The molecule has 5 nitrogen and oxygen atoms in total. The molecule has 2 unspecified atom stereocenters. The van der Waals surface area contributed by atoms with E-state index in [1.807, 2.05) is 50.2 Å². The lowest BCUT2D eigenvalue weighted by Crippen LogP contribution is -2.36. The Morgan fingerprint density at radius 3 is 2.30 bits per heavy atom. The molecule has 2 aliphatic rings. The van der Waals surface area contributed by atoms with Gasteiger partial charge in [0.25, 0.3) is 0 Å². The number of dihydropyridines is 1. The van der Waals surface area contributed by atoms with Crippen LogP contribution in [0, 0.1) is 5.82 Å². The van der Waals surface area contributed by atoms with Crippen LogP contribution in [0.4, 0.5) is 10.1 Å². The molecule has 172 valence electrons. The second-order valence-electron chi connectivity index (χ2n) is 8.78. The van der Waals surface area contributed by atoms with Crippen LogP contribution in [0.5, 0.6) is 0 Å². The van der Waals surface area contributed by atoms with Gasteiger partial charge in [0.05, 0.1) is 12.2 Å². The van der Waals surface area contributed by atoms with Gasteiger partial charge in [0.2, 0.25) is 0 Å². The molecule has 0 radical (unpaired) electrons. The molecule has 1 N–H and O–H groups in total. The first kappa shape index (κ1) is 22.8. The molecule has 1 aliphatic heterocycles. The summed E-state index contributed by atoms with van der Waals surface area (Å²) in [6.07, 6.45) is 0.931. The van der Waals surface area contributed by atoms with Gasteiger partial charge in [-0.25, -0.2) is 9.18 Å². The Balaban J connectivity index is 1.78. The van der Waals surface area contributed by atoms with Crippen LogP contribution in [-0.2, 0) is 14.3 Å². The molecular weight excluding hydrogens is 419 g/mol. The Bertz CT molecular complexity index is 1130. The van der Waals surface area contributed by atoms with Crippen molar-refractivity contribution < 1.29 is 18.7 Å². The summed E-state index contributed by atoms with van der Waals surface area (Å²) in [7, 11) is 3.93. The smallest absolute Gasteiger partial charge is 0.336 e. The van der Waals surface area contributed by atoms with E-state index in [1.165, 1.54) is 12.1 Å². The molecule has 1 heterocycles. The number of benzene rings is 2. The zero-order valence-electron chi connectivity index (χ0n) is 19.4. The maximum absolute atomic E-state index is 13.5. The second-order valence-corrected chi connectivity index (χ2v) is 8.78. The van der Waals surface area contributed by atoms with E-state index in [1.54, 1.807) is 19.1 Å². The van der Waals surface area contributed by atoms with Crippen molar-refractivity contribution in [1.82, 2.24) is 5.32 Å². The van der Waals surface area contributed by atoms with Gasteiger partial charge in [-0.05, 0) is 61.6 Å². The highest BCUT2D eigenvalue weighted by atomic mass is 19.1. The summed E-state index contributed by atoms with van der Waals surface area (Å²) in [4.78, 5) is 28.5. The third-order valence-electron chi connectivity index (χ3n) is 6.41. The Kier molecular flexibility index (Phi) is 6.36. The van der Waals surface area contributed by atoms with Gasteiger partial charge in [0, 0.05) is 49.1 Å². The van der Waals surface area contributed by atoms with Gasteiger partial charge in [-0.15, -0.1) is 0 Å². The van der Waals surface area contributed by atoms with Gasteiger partial charge in [-0.2, -0.15) is 0 Å². The number of carbonyl (C=O) groups excluding carboxylic acids is 2. The van der Waals surface area contributed by atoms with E-state index in [-0.39, 0.29) is 24.1 Å². The predicted molar refractivity (Wildman–Crippen MR) is 126 cm³/mol. The van der Waals surface area contributed by atoms with Crippen LogP contribution in [0.2, 0.25) is 0 Å². The number of rotatable bonds is 5. The number of allylic oxidation sites excluding steroid dienone is 3. The van der Waals surface area contributed by atoms with Crippen molar-refractivity contribution >= 4 is 17.4 Å². The van der Waals surface area contributed by atoms with Crippen molar-refractivity contribution in [2.75, 3.05) is 25.6 Å². The number of halogens is 1. The summed E-state index contributed by atoms with van der Waals surface area (Å²) in [5, 5.41) is 3.33. The van der Waals surface area contributed by atoms with E-state index in [0.717, 1.165) is 22.5 Å². The minimum absolute atomic E-state index is 0.00550. The van der Waals surface area contributed by atoms with E-state index >= 15 is 0 Å². The molecular formula is C27H29FN2O3. The topological polar surface area (TPSA) is 58.6 Å². The highest BCUT2D eigenvalue weighted by molar-refractivity contribution is 6.04. The number of carbonyl (C=O) groups is 2. The van der Waals surface area contributed by atoms with Crippen LogP contribution in [-0.4, -0.2) is 32.5 Å². The normalized spacial score (nSPS) is 20.3. The summed E-state index contributed by atoms with van der Waals surface area (Å²) in [6.45, 7) is 3.88. The third kappa shape index (κ3) is 4.42. The molecule has 0 aromatic heterocycles. The molecule has 2 atom stereocenters. The Morgan fingerprint density at radius 1 is 1.06 bits per heavy atom.